The number of hydrogen-bond acceptors (Lipinski definition) is 4. The van der Waals surface area contributed by atoms with Crippen molar-refractivity contribution in [1.29, 1.82) is 0 Å². The zero-order valence-electron chi connectivity index (χ0n) is 19.2. The average Bonchev–Trinajstić information content (AvgIpc) is 3.65. The third-order valence-corrected chi connectivity index (χ3v) is 5.68. The van der Waals surface area contributed by atoms with Gasteiger partial charge in [0.1, 0.15) is 11.6 Å². The molecule has 4 rings (SSSR count). The van der Waals surface area contributed by atoms with Crippen molar-refractivity contribution in [2.75, 3.05) is 10.6 Å². The number of amides is 3. The Bertz CT molecular complexity index is 1300. The number of allylic oxidation sites excluding steroid dienone is 2. The number of halogens is 5. The largest absolute Gasteiger partial charge is 0.439 e. The van der Waals surface area contributed by atoms with Gasteiger partial charge in [0.2, 0.25) is 11.8 Å². The van der Waals surface area contributed by atoms with Gasteiger partial charge in [-0.2, -0.15) is 13.2 Å². The summed E-state index contributed by atoms with van der Waals surface area (Å²) >= 11 is 5.58. The molecule has 0 unspecified atom stereocenters. The molecule has 1 aliphatic heterocycles. The van der Waals surface area contributed by atoms with Gasteiger partial charge in [-0.3, -0.25) is 4.79 Å². The molecular formula is C25H21ClF4N4O3. The van der Waals surface area contributed by atoms with Crippen LogP contribution in [0, 0.1) is 11.7 Å². The van der Waals surface area contributed by atoms with Crippen molar-refractivity contribution in [3.8, 4) is 5.75 Å². The van der Waals surface area contributed by atoms with Gasteiger partial charge in [0.25, 0.3) is 0 Å². The van der Waals surface area contributed by atoms with Crippen LogP contribution in [0.5, 0.6) is 5.75 Å². The summed E-state index contributed by atoms with van der Waals surface area (Å²) in [6.07, 6.45) is 3.16. The minimum absolute atomic E-state index is 0.0213. The molecule has 3 N–H and O–H groups in total. The number of rotatable bonds is 5. The molecule has 12 heteroatoms. The van der Waals surface area contributed by atoms with Crippen LogP contribution in [0.25, 0.3) is 0 Å². The highest BCUT2D eigenvalue weighted by Gasteiger charge is 2.33. The monoisotopic (exact) mass is 536 g/mol. The number of nitrogens with one attached hydrogen (secondary N) is 3. The van der Waals surface area contributed by atoms with E-state index in [0.29, 0.717) is 24.6 Å². The molecule has 0 spiro atoms. The number of carbonyl (C=O) groups is 2. The van der Waals surface area contributed by atoms with Crippen LogP contribution in [0.2, 0.25) is 5.02 Å². The SMILES string of the molecule is O=C(Nc1ccc(Cl)c(C(F)(F)F)c1)Nc1cc(OC2=N/C=C\CC/C(NC(=O)C3CC3)=C\2)ccc1F. The smallest absolute Gasteiger partial charge is 0.417 e. The van der Waals surface area contributed by atoms with Crippen LogP contribution in [0.4, 0.5) is 33.7 Å². The summed E-state index contributed by atoms with van der Waals surface area (Å²) in [5.41, 5.74) is -0.971. The van der Waals surface area contributed by atoms with Gasteiger partial charge >= 0.3 is 12.2 Å². The van der Waals surface area contributed by atoms with Gasteiger partial charge in [0.05, 0.1) is 16.3 Å². The van der Waals surface area contributed by atoms with Crippen molar-refractivity contribution in [3.63, 3.8) is 0 Å². The van der Waals surface area contributed by atoms with E-state index in [1.165, 1.54) is 18.2 Å². The van der Waals surface area contributed by atoms with E-state index in [0.717, 1.165) is 25.0 Å². The summed E-state index contributed by atoms with van der Waals surface area (Å²) in [6.45, 7) is 0. The lowest BCUT2D eigenvalue weighted by molar-refractivity contribution is -0.137. The molecule has 3 amide bonds. The van der Waals surface area contributed by atoms with Crippen LogP contribution in [-0.2, 0) is 11.0 Å². The Morgan fingerprint density at radius 1 is 1.05 bits per heavy atom. The number of urea groups is 1. The van der Waals surface area contributed by atoms with Gasteiger partial charge in [-0.05, 0) is 56.0 Å². The first-order valence-corrected chi connectivity index (χ1v) is 11.6. The number of benzene rings is 2. The molecule has 0 saturated heterocycles. The van der Waals surface area contributed by atoms with E-state index in [2.05, 4.69) is 20.9 Å². The number of alkyl halides is 3. The number of hydrogen-bond donors (Lipinski definition) is 3. The first kappa shape index (κ1) is 26.2. The van der Waals surface area contributed by atoms with Crippen LogP contribution in [-0.4, -0.2) is 17.8 Å². The van der Waals surface area contributed by atoms with Gasteiger partial charge in [-0.25, -0.2) is 14.2 Å². The fourth-order valence-electron chi connectivity index (χ4n) is 3.35. The molecule has 0 atom stereocenters. The van der Waals surface area contributed by atoms with Crippen LogP contribution >= 0.6 is 11.6 Å². The Labute approximate surface area is 214 Å². The molecule has 0 radical (unpaired) electrons. The molecule has 0 bridgehead atoms. The summed E-state index contributed by atoms with van der Waals surface area (Å²) in [4.78, 5) is 28.7. The second-order valence-corrected chi connectivity index (χ2v) is 8.75. The molecule has 2 aliphatic rings. The molecule has 2 aromatic rings. The number of nitrogens with zero attached hydrogens (tertiary/aromatic N) is 1. The molecule has 194 valence electrons. The minimum atomic E-state index is -4.72. The summed E-state index contributed by atoms with van der Waals surface area (Å²) in [5.74, 6) is -0.586. The second-order valence-electron chi connectivity index (χ2n) is 8.34. The summed E-state index contributed by atoms with van der Waals surface area (Å²) in [5, 5.41) is 6.80. The van der Waals surface area contributed by atoms with E-state index < -0.39 is 28.6 Å². The first-order valence-electron chi connectivity index (χ1n) is 11.2. The number of anilines is 2. The third-order valence-electron chi connectivity index (χ3n) is 5.36. The lowest BCUT2D eigenvalue weighted by Gasteiger charge is -2.14. The number of carbonyl (C=O) groups excluding carboxylic acids is 2. The van der Waals surface area contributed by atoms with Gasteiger partial charge in [-0.15, -0.1) is 0 Å². The fraction of sp³-hybridized carbons (Fsp3) is 0.240. The zero-order chi connectivity index (χ0) is 26.6. The Kier molecular flexibility index (Phi) is 7.82. The lowest BCUT2D eigenvalue weighted by atomic mass is 10.2. The molecule has 1 aliphatic carbocycles. The summed E-state index contributed by atoms with van der Waals surface area (Å²) in [6, 6.07) is 5.42. The minimum Gasteiger partial charge on any atom is -0.439 e. The van der Waals surface area contributed by atoms with Crippen LogP contribution < -0.4 is 20.7 Å². The lowest BCUT2D eigenvalue weighted by Crippen LogP contribution is -2.25. The Balaban J connectivity index is 1.46. The van der Waals surface area contributed by atoms with E-state index >= 15 is 0 Å². The van der Waals surface area contributed by atoms with E-state index in [4.69, 9.17) is 16.3 Å². The van der Waals surface area contributed by atoms with E-state index in [1.807, 2.05) is 6.08 Å². The van der Waals surface area contributed by atoms with Crippen molar-refractivity contribution < 1.29 is 31.9 Å². The van der Waals surface area contributed by atoms with Crippen molar-refractivity contribution in [3.05, 3.63) is 76.9 Å². The van der Waals surface area contributed by atoms with Crippen molar-refractivity contribution in [2.24, 2.45) is 10.9 Å². The first-order chi connectivity index (χ1) is 17.6. The van der Waals surface area contributed by atoms with Gasteiger partial charge in [0, 0.05) is 35.6 Å². The Hall–Kier alpha value is -3.86. The molecule has 2 aromatic carbocycles. The molecule has 0 aromatic heterocycles. The Morgan fingerprint density at radius 3 is 2.57 bits per heavy atom. The predicted octanol–water partition coefficient (Wildman–Crippen LogP) is 6.64. The van der Waals surface area contributed by atoms with E-state index in [-0.39, 0.29) is 34.8 Å². The van der Waals surface area contributed by atoms with Crippen LogP contribution in [0.1, 0.15) is 31.2 Å². The number of ether oxygens (including phenoxy) is 1. The maximum Gasteiger partial charge on any atom is 0.417 e. The zero-order valence-corrected chi connectivity index (χ0v) is 19.9. The topological polar surface area (TPSA) is 91.8 Å². The maximum atomic E-state index is 14.4. The van der Waals surface area contributed by atoms with Crippen molar-refractivity contribution in [1.82, 2.24) is 5.32 Å². The standard InChI is InChI=1S/C25H21ClF4N4O3/c26-19-8-6-16(11-18(19)25(28,29)30)33-24(36)34-21-13-17(7-9-20(21)27)37-22-12-15(3-1-2-10-31-22)32-23(35)14-4-5-14/h2,6-14H,1,3-5H2,(H,32,35)(H2,33,34,36)/b10-2-,15-12+,31-22+. The third kappa shape index (κ3) is 7.32. The van der Waals surface area contributed by atoms with Crippen molar-refractivity contribution in [2.45, 2.75) is 31.9 Å². The van der Waals surface area contributed by atoms with Gasteiger partial charge in [-0.1, -0.05) is 17.7 Å². The number of aliphatic imine (C=N–C) groups is 1. The fourth-order valence-corrected chi connectivity index (χ4v) is 3.57. The average molecular weight is 537 g/mol. The van der Waals surface area contributed by atoms with Crippen LogP contribution in [0.3, 0.4) is 0 Å². The highest BCUT2D eigenvalue weighted by atomic mass is 35.5. The normalized spacial score (nSPS) is 19.3. The Morgan fingerprint density at radius 2 is 1.84 bits per heavy atom. The summed E-state index contributed by atoms with van der Waals surface area (Å²) in [7, 11) is 0. The molecule has 1 fully saturated rings. The van der Waals surface area contributed by atoms with Crippen LogP contribution in [0.15, 0.2) is 65.4 Å². The second kappa shape index (κ2) is 11.0. The predicted molar refractivity (Wildman–Crippen MR) is 131 cm³/mol. The van der Waals surface area contributed by atoms with E-state index in [1.54, 1.807) is 12.3 Å². The highest BCUT2D eigenvalue weighted by molar-refractivity contribution is 6.31. The summed E-state index contributed by atoms with van der Waals surface area (Å²) < 4.78 is 59.3. The molecule has 7 nitrogen and oxygen atoms in total. The molecule has 1 saturated carbocycles. The van der Waals surface area contributed by atoms with Crippen molar-refractivity contribution >= 4 is 40.8 Å². The quantitative estimate of drug-likeness (QED) is 0.374. The molecule has 1 heterocycles. The molecular weight excluding hydrogens is 516 g/mol. The molecule has 37 heavy (non-hydrogen) atoms. The maximum absolute atomic E-state index is 14.4. The van der Waals surface area contributed by atoms with E-state index in [9.17, 15) is 27.2 Å². The van der Waals surface area contributed by atoms with Gasteiger partial charge < -0.3 is 20.7 Å². The van der Waals surface area contributed by atoms with Gasteiger partial charge in [0.15, 0.2) is 0 Å². The highest BCUT2D eigenvalue weighted by Crippen LogP contribution is 2.36.